The number of nitrogens with zero attached hydrogens (tertiary/aromatic N) is 1. The topological polar surface area (TPSA) is 35.5 Å². The summed E-state index contributed by atoms with van der Waals surface area (Å²) in [4.78, 5) is 2.44. The lowest BCUT2D eigenvalue weighted by Gasteiger charge is -2.26. The zero-order valence-electron chi connectivity index (χ0n) is 9.66. The highest BCUT2D eigenvalue weighted by molar-refractivity contribution is 4.84. The molecule has 0 aliphatic carbocycles. The van der Waals surface area contributed by atoms with Gasteiger partial charge in [-0.2, -0.15) is 0 Å². The Morgan fingerprint density at radius 2 is 2.21 bits per heavy atom. The van der Waals surface area contributed by atoms with Crippen LogP contribution in [0.15, 0.2) is 0 Å². The molecule has 1 aliphatic heterocycles. The van der Waals surface area contributed by atoms with E-state index in [-0.39, 0.29) is 6.10 Å². The zero-order valence-corrected chi connectivity index (χ0v) is 9.66. The highest BCUT2D eigenvalue weighted by Gasteiger charge is 2.24. The van der Waals surface area contributed by atoms with Crippen molar-refractivity contribution in [1.29, 1.82) is 0 Å². The predicted octanol–water partition coefficient (Wildman–Crippen LogP) is 0.830. The second-order valence-electron chi connectivity index (χ2n) is 4.43. The van der Waals surface area contributed by atoms with Gasteiger partial charge in [-0.25, -0.2) is 0 Å². The molecule has 3 heteroatoms. The summed E-state index contributed by atoms with van der Waals surface area (Å²) in [5, 5.41) is 13.0. The Bertz CT molecular complexity index is 159. The fourth-order valence-electron chi connectivity index (χ4n) is 2.13. The highest BCUT2D eigenvalue weighted by atomic mass is 16.3. The lowest BCUT2D eigenvalue weighted by molar-refractivity contribution is 0.140. The van der Waals surface area contributed by atoms with Gasteiger partial charge in [-0.05, 0) is 46.3 Å². The number of aliphatic hydroxyl groups excluding tert-OH is 1. The van der Waals surface area contributed by atoms with E-state index in [2.05, 4.69) is 31.0 Å². The van der Waals surface area contributed by atoms with Gasteiger partial charge in [0.1, 0.15) is 0 Å². The minimum Gasteiger partial charge on any atom is -0.391 e. The van der Waals surface area contributed by atoms with Gasteiger partial charge in [0.15, 0.2) is 0 Å². The summed E-state index contributed by atoms with van der Waals surface area (Å²) >= 11 is 0. The molecule has 0 spiro atoms. The first-order valence-electron chi connectivity index (χ1n) is 5.80. The quantitative estimate of drug-likeness (QED) is 0.690. The van der Waals surface area contributed by atoms with Crippen LogP contribution in [0.2, 0.25) is 0 Å². The molecule has 0 saturated carbocycles. The second-order valence-corrected chi connectivity index (χ2v) is 4.43. The Hall–Kier alpha value is -0.120. The molecule has 0 aromatic heterocycles. The van der Waals surface area contributed by atoms with Gasteiger partial charge in [-0.3, -0.25) is 0 Å². The summed E-state index contributed by atoms with van der Waals surface area (Å²) in [6, 6.07) is 0.932. The van der Waals surface area contributed by atoms with Gasteiger partial charge in [0.2, 0.25) is 0 Å². The van der Waals surface area contributed by atoms with Crippen LogP contribution in [0.25, 0.3) is 0 Å². The molecule has 2 N–H and O–H groups in total. The molecule has 1 rings (SSSR count). The normalized spacial score (nSPS) is 27.9. The standard InChI is InChI=1S/C11H24N2O/c1-4-13(9(2)3)8-6-10-11(14)5-7-12-10/h9-12,14H,4-8H2,1-3H3. The van der Waals surface area contributed by atoms with Gasteiger partial charge in [0, 0.05) is 12.1 Å². The monoisotopic (exact) mass is 200 g/mol. The van der Waals surface area contributed by atoms with Crippen molar-refractivity contribution >= 4 is 0 Å². The van der Waals surface area contributed by atoms with E-state index in [4.69, 9.17) is 0 Å². The van der Waals surface area contributed by atoms with Gasteiger partial charge in [0.05, 0.1) is 6.10 Å². The van der Waals surface area contributed by atoms with Crippen molar-refractivity contribution < 1.29 is 5.11 Å². The van der Waals surface area contributed by atoms with Crippen LogP contribution < -0.4 is 5.32 Å². The minimum absolute atomic E-state index is 0.124. The summed E-state index contributed by atoms with van der Waals surface area (Å²) in [5.74, 6) is 0. The van der Waals surface area contributed by atoms with Crippen LogP contribution in [0.3, 0.4) is 0 Å². The fraction of sp³-hybridized carbons (Fsp3) is 1.00. The van der Waals surface area contributed by atoms with E-state index in [1.807, 2.05) is 0 Å². The molecule has 0 bridgehead atoms. The Morgan fingerprint density at radius 3 is 2.64 bits per heavy atom. The predicted molar refractivity (Wildman–Crippen MR) is 59.4 cm³/mol. The van der Waals surface area contributed by atoms with Crippen LogP contribution in [0.5, 0.6) is 0 Å². The molecule has 2 atom stereocenters. The summed E-state index contributed by atoms with van der Waals surface area (Å²) in [5.41, 5.74) is 0. The lowest BCUT2D eigenvalue weighted by Crippen LogP contribution is -2.38. The molecular weight excluding hydrogens is 176 g/mol. The zero-order chi connectivity index (χ0) is 10.6. The van der Waals surface area contributed by atoms with E-state index in [9.17, 15) is 5.11 Å². The average Bonchev–Trinajstić information content (AvgIpc) is 2.52. The number of aliphatic hydroxyl groups is 1. The minimum atomic E-state index is -0.124. The SMILES string of the molecule is CCN(CCC1NCCC1O)C(C)C. The molecule has 1 aliphatic rings. The fourth-order valence-corrected chi connectivity index (χ4v) is 2.13. The highest BCUT2D eigenvalue weighted by Crippen LogP contribution is 2.11. The first-order chi connectivity index (χ1) is 6.65. The molecule has 1 fully saturated rings. The number of rotatable bonds is 5. The van der Waals surface area contributed by atoms with Crippen LogP contribution in [0.4, 0.5) is 0 Å². The summed E-state index contributed by atoms with van der Waals surface area (Å²) in [7, 11) is 0. The Morgan fingerprint density at radius 1 is 1.50 bits per heavy atom. The van der Waals surface area contributed by atoms with Gasteiger partial charge in [0.25, 0.3) is 0 Å². The first kappa shape index (κ1) is 12.0. The van der Waals surface area contributed by atoms with Gasteiger partial charge in [-0.1, -0.05) is 6.92 Å². The van der Waals surface area contributed by atoms with Crippen LogP contribution in [0, 0.1) is 0 Å². The van der Waals surface area contributed by atoms with Crippen LogP contribution >= 0.6 is 0 Å². The Balaban J connectivity index is 2.24. The smallest absolute Gasteiger partial charge is 0.0705 e. The number of hydrogen-bond donors (Lipinski definition) is 2. The third-order valence-electron chi connectivity index (χ3n) is 3.17. The van der Waals surface area contributed by atoms with Crippen molar-refractivity contribution in [3.05, 3.63) is 0 Å². The van der Waals surface area contributed by atoms with E-state index in [1.54, 1.807) is 0 Å². The molecule has 1 heterocycles. The van der Waals surface area contributed by atoms with Gasteiger partial charge in [-0.15, -0.1) is 0 Å². The van der Waals surface area contributed by atoms with E-state index in [0.717, 1.165) is 32.5 Å². The molecule has 3 nitrogen and oxygen atoms in total. The molecule has 14 heavy (non-hydrogen) atoms. The third kappa shape index (κ3) is 3.23. The maximum absolute atomic E-state index is 9.63. The van der Waals surface area contributed by atoms with Crippen molar-refractivity contribution in [3.63, 3.8) is 0 Å². The van der Waals surface area contributed by atoms with Crippen molar-refractivity contribution in [2.45, 2.75) is 51.8 Å². The second kappa shape index (κ2) is 5.69. The number of nitrogens with one attached hydrogen (secondary N) is 1. The molecule has 0 aromatic carbocycles. The van der Waals surface area contributed by atoms with Gasteiger partial charge >= 0.3 is 0 Å². The van der Waals surface area contributed by atoms with Crippen molar-refractivity contribution in [3.8, 4) is 0 Å². The largest absolute Gasteiger partial charge is 0.391 e. The molecule has 1 saturated heterocycles. The van der Waals surface area contributed by atoms with Crippen molar-refractivity contribution in [1.82, 2.24) is 10.2 Å². The molecule has 2 unspecified atom stereocenters. The van der Waals surface area contributed by atoms with Gasteiger partial charge < -0.3 is 15.3 Å². The Labute approximate surface area is 87.5 Å². The van der Waals surface area contributed by atoms with Crippen LogP contribution in [-0.4, -0.2) is 47.8 Å². The summed E-state index contributed by atoms with van der Waals surface area (Å²) < 4.78 is 0. The lowest BCUT2D eigenvalue weighted by atomic mass is 10.1. The average molecular weight is 200 g/mol. The molecule has 0 amide bonds. The van der Waals surface area contributed by atoms with E-state index in [0.29, 0.717) is 12.1 Å². The summed E-state index contributed by atoms with van der Waals surface area (Å²) in [6.07, 6.45) is 1.85. The third-order valence-corrected chi connectivity index (χ3v) is 3.17. The number of hydrogen-bond acceptors (Lipinski definition) is 3. The van der Waals surface area contributed by atoms with E-state index >= 15 is 0 Å². The Kier molecular flexibility index (Phi) is 4.85. The molecule has 0 radical (unpaired) electrons. The maximum atomic E-state index is 9.63. The van der Waals surface area contributed by atoms with Crippen molar-refractivity contribution in [2.24, 2.45) is 0 Å². The molecule has 84 valence electrons. The summed E-state index contributed by atoms with van der Waals surface area (Å²) in [6.45, 7) is 9.80. The molecule has 0 aromatic rings. The van der Waals surface area contributed by atoms with E-state index < -0.39 is 0 Å². The first-order valence-corrected chi connectivity index (χ1v) is 5.80. The van der Waals surface area contributed by atoms with Crippen molar-refractivity contribution in [2.75, 3.05) is 19.6 Å². The maximum Gasteiger partial charge on any atom is 0.0705 e. The van der Waals surface area contributed by atoms with E-state index in [1.165, 1.54) is 0 Å². The molecular formula is C11H24N2O. The van der Waals surface area contributed by atoms with Crippen LogP contribution in [-0.2, 0) is 0 Å². The van der Waals surface area contributed by atoms with Crippen LogP contribution in [0.1, 0.15) is 33.6 Å².